The number of nitrogen functional groups attached to an aromatic ring is 2. The number of benzene rings is 1. The normalized spacial score (nSPS) is 11.8. The number of amides is 1. The van der Waals surface area contributed by atoms with E-state index in [-0.39, 0.29) is 101 Å². The molecule has 0 aliphatic carbocycles. The van der Waals surface area contributed by atoms with E-state index in [1.165, 1.54) is 0 Å². The molecule has 37 heavy (non-hydrogen) atoms. The Hall–Kier alpha value is -2.79. The summed E-state index contributed by atoms with van der Waals surface area (Å²) in [5.74, 6) is -0.479. The van der Waals surface area contributed by atoms with E-state index >= 15 is 0 Å². The number of fused-ring (bicyclic) bond motifs is 1. The number of hydrogen-bond donors (Lipinski definition) is 5. The van der Waals surface area contributed by atoms with E-state index in [1.54, 1.807) is 30.5 Å². The maximum absolute atomic E-state index is 12.5. The summed E-state index contributed by atoms with van der Waals surface area (Å²) in [5, 5.41) is 20.3. The van der Waals surface area contributed by atoms with E-state index in [2.05, 4.69) is 31.2 Å². The van der Waals surface area contributed by atoms with Gasteiger partial charge in [0.25, 0.3) is 5.91 Å². The zero-order valence-corrected chi connectivity index (χ0v) is 18.5. The monoisotopic (exact) mass is 525 g/mol. The van der Waals surface area contributed by atoms with Crippen LogP contribution in [0.4, 0.5) is 11.8 Å². The van der Waals surface area contributed by atoms with Gasteiger partial charge in [0.2, 0.25) is 5.95 Å². The average Bonchev–Trinajstić information content (AvgIpc) is 2.81. The molecule has 0 aliphatic rings. The van der Waals surface area contributed by atoms with E-state index in [1.807, 2.05) is 0 Å². The molecular formula is C23H25N7Na2O5. The number of nitrogens with two attached hydrogens (primary N) is 2. The van der Waals surface area contributed by atoms with Crippen LogP contribution < -0.4 is 16.8 Å². The number of carbonyl (C=O) groups is 3. The molecule has 0 saturated carbocycles. The van der Waals surface area contributed by atoms with Gasteiger partial charge < -0.3 is 27.0 Å². The Morgan fingerprint density at radius 3 is 2.32 bits per heavy atom. The van der Waals surface area contributed by atoms with Crippen LogP contribution in [0.2, 0.25) is 0 Å². The summed E-state index contributed by atoms with van der Waals surface area (Å²) in [7, 11) is 0. The number of aromatic nitrogens is 4. The molecule has 3 rings (SSSR count). The Bertz CT molecular complexity index is 1320. The van der Waals surface area contributed by atoms with Crippen molar-refractivity contribution in [1.29, 1.82) is 0 Å². The van der Waals surface area contributed by atoms with Crippen molar-refractivity contribution >= 4 is 99.9 Å². The van der Waals surface area contributed by atoms with E-state index in [0.29, 0.717) is 24.1 Å². The molecule has 3 aromatic rings. The van der Waals surface area contributed by atoms with Crippen LogP contribution in [-0.4, -0.2) is 113 Å². The number of carboxylic acids is 2. The van der Waals surface area contributed by atoms with Crippen molar-refractivity contribution in [3.05, 3.63) is 47.3 Å². The van der Waals surface area contributed by atoms with Crippen LogP contribution in [-0.2, 0) is 16.0 Å². The van der Waals surface area contributed by atoms with Gasteiger partial charge in [0, 0.05) is 24.3 Å². The molecule has 2 aromatic heterocycles. The fourth-order valence-corrected chi connectivity index (χ4v) is 3.46. The van der Waals surface area contributed by atoms with Crippen molar-refractivity contribution in [2.45, 2.75) is 37.6 Å². The second kappa shape index (κ2) is 14.8. The van der Waals surface area contributed by atoms with Crippen LogP contribution in [0.3, 0.4) is 0 Å². The Morgan fingerprint density at radius 2 is 1.73 bits per heavy atom. The second-order valence-electron chi connectivity index (χ2n) is 7.73. The third-order valence-electron chi connectivity index (χ3n) is 5.22. The molecule has 1 amide bonds. The van der Waals surface area contributed by atoms with Gasteiger partial charge in [-0.05, 0) is 30.5 Å². The van der Waals surface area contributed by atoms with Gasteiger partial charge in [-0.3, -0.25) is 9.59 Å². The van der Waals surface area contributed by atoms with Crippen LogP contribution in [0.1, 0.15) is 46.8 Å². The van der Waals surface area contributed by atoms with Crippen LogP contribution in [0.5, 0.6) is 0 Å². The minimum absolute atomic E-state index is 0. The van der Waals surface area contributed by atoms with Gasteiger partial charge in [0.15, 0.2) is 17.0 Å². The first-order valence-corrected chi connectivity index (χ1v) is 10.5. The molecule has 14 heteroatoms. The number of hydrogen-bond acceptors (Lipinski definition) is 9. The standard InChI is InChI=1S/C23H23N7O5.2Na.2H/c1-2-3-14(10-15-11-26-20-18(27-15)19(24)29-23(25)30-20)12-4-6-13(7-5-12)21(33)28-16(22(34)35)8-9-17(31)32;;;;/h1,4-7,11,14,16H,3,8-10H2,(H,28,33)(H,31,32)(H,34,35)(H4,24,25,26,29,30);;;;/t14?,16-;;;;/m0..../s1. The molecule has 0 aliphatic heterocycles. The van der Waals surface area contributed by atoms with Crippen LogP contribution in [0, 0.1) is 12.3 Å². The molecule has 2 atom stereocenters. The molecule has 0 bridgehead atoms. The SMILES string of the molecule is C#CCC(Cc1cnc2nc(N)nc(N)c2n1)c1ccc(C(=O)N[C@@H](CCC(=O)O)C(=O)O)cc1.[NaH].[NaH]. The Labute approximate surface area is 256 Å². The van der Waals surface area contributed by atoms with Gasteiger partial charge >= 0.3 is 71.1 Å². The summed E-state index contributed by atoms with van der Waals surface area (Å²) in [5.41, 5.74) is 13.8. The van der Waals surface area contributed by atoms with Crippen molar-refractivity contribution in [1.82, 2.24) is 25.3 Å². The number of rotatable bonds is 10. The number of carbonyl (C=O) groups excluding carboxylic acids is 1. The molecule has 12 nitrogen and oxygen atoms in total. The quantitative estimate of drug-likeness (QED) is 0.171. The van der Waals surface area contributed by atoms with Crippen molar-refractivity contribution in [3.63, 3.8) is 0 Å². The molecule has 0 fully saturated rings. The van der Waals surface area contributed by atoms with Gasteiger partial charge in [-0.15, -0.1) is 12.3 Å². The molecule has 184 valence electrons. The third-order valence-corrected chi connectivity index (χ3v) is 5.22. The van der Waals surface area contributed by atoms with E-state index in [0.717, 1.165) is 5.56 Å². The summed E-state index contributed by atoms with van der Waals surface area (Å²) < 4.78 is 0. The summed E-state index contributed by atoms with van der Waals surface area (Å²) in [6, 6.07) is 5.22. The Balaban J connectivity index is 0.00000342. The molecule has 0 saturated heterocycles. The van der Waals surface area contributed by atoms with Gasteiger partial charge in [-0.1, -0.05) is 12.1 Å². The predicted octanol–water partition coefficient (Wildman–Crippen LogP) is -0.315. The predicted molar refractivity (Wildman–Crippen MR) is 140 cm³/mol. The van der Waals surface area contributed by atoms with Gasteiger partial charge in [0.1, 0.15) is 6.04 Å². The summed E-state index contributed by atoms with van der Waals surface area (Å²) in [6.45, 7) is 0. The zero-order valence-electron chi connectivity index (χ0n) is 18.5. The molecular weight excluding hydrogens is 500 g/mol. The Morgan fingerprint density at radius 1 is 1.05 bits per heavy atom. The van der Waals surface area contributed by atoms with Gasteiger partial charge in [0.05, 0.1) is 11.9 Å². The number of carboxylic acid groups (broad SMARTS) is 2. The number of aliphatic carboxylic acids is 2. The molecule has 0 radical (unpaired) electrons. The number of nitrogens with one attached hydrogen (secondary N) is 1. The summed E-state index contributed by atoms with van der Waals surface area (Å²) in [4.78, 5) is 51.2. The molecule has 0 spiro atoms. The third kappa shape index (κ3) is 8.92. The van der Waals surface area contributed by atoms with Crippen molar-refractivity contribution in [2.24, 2.45) is 0 Å². The fraction of sp³-hybridized carbons (Fsp3) is 0.261. The van der Waals surface area contributed by atoms with E-state index in [4.69, 9.17) is 23.0 Å². The molecule has 2 heterocycles. The number of nitrogens with zero attached hydrogens (tertiary/aromatic N) is 4. The zero-order chi connectivity index (χ0) is 25.5. The first kappa shape index (κ1) is 32.2. The number of terminal acetylenes is 1. The first-order valence-electron chi connectivity index (χ1n) is 10.5. The maximum atomic E-state index is 12.5. The van der Waals surface area contributed by atoms with Gasteiger partial charge in [-0.25, -0.2) is 14.8 Å². The first-order chi connectivity index (χ1) is 16.7. The van der Waals surface area contributed by atoms with Crippen molar-refractivity contribution in [3.8, 4) is 12.3 Å². The topological polar surface area (TPSA) is 207 Å². The van der Waals surface area contributed by atoms with Crippen molar-refractivity contribution < 1.29 is 24.6 Å². The minimum atomic E-state index is -1.31. The average molecular weight is 525 g/mol. The van der Waals surface area contributed by atoms with Crippen LogP contribution in [0.15, 0.2) is 30.5 Å². The van der Waals surface area contributed by atoms with E-state index in [9.17, 15) is 19.5 Å². The van der Waals surface area contributed by atoms with Crippen LogP contribution >= 0.6 is 0 Å². The molecule has 7 N–H and O–H groups in total. The molecule has 1 unspecified atom stereocenters. The van der Waals surface area contributed by atoms with E-state index < -0.39 is 23.9 Å². The Kier molecular flexibility index (Phi) is 12.9. The number of anilines is 2. The molecule has 1 aromatic carbocycles. The fourth-order valence-electron chi connectivity index (χ4n) is 3.46. The van der Waals surface area contributed by atoms with Gasteiger partial charge in [-0.2, -0.15) is 9.97 Å². The second-order valence-corrected chi connectivity index (χ2v) is 7.73. The summed E-state index contributed by atoms with van der Waals surface area (Å²) >= 11 is 0. The van der Waals surface area contributed by atoms with Crippen molar-refractivity contribution in [2.75, 3.05) is 11.5 Å². The summed E-state index contributed by atoms with van der Waals surface area (Å²) in [6.07, 6.45) is 7.32. The van der Waals surface area contributed by atoms with Crippen LogP contribution in [0.25, 0.3) is 11.2 Å².